The van der Waals surface area contributed by atoms with Crippen molar-refractivity contribution in [3.63, 3.8) is 0 Å². The first-order valence-electron chi connectivity index (χ1n) is 7.56. The zero-order valence-electron chi connectivity index (χ0n) is 11.0. The molecule has 2 saturated carbocycles. The van der Waals surface area contributed by atoms with Crippen molar-refractivity contribution in [2.45, 2.75) is 77.2 Å². The van der Waals surface area contributed by atoms with Gasteiger partial charge in [0.25, 0.3) is 0 Å². The van der Waals surface area contributed by atoms with Crippen molar-refractivity contribution in [2.75, 3.05) is 0 Å². The predicted molar refractivity (Wildman–Crippen MR) is 70.3 cm³/mol. The molecular formula is C15H29N. The minimum absolute atomic E-state index is 0.519. The first-order valence-corrected chi connectivity index (χ1v) is 7.56. The Morgan fingerprint density at radius 2 is 1.62 bits per heavy atom. The summed E-state index contributed by atoms with van der Waals surface area (Å²) in [7, 11) is 0. The van der Waals surface area contributed by atoms with Crippen LogP contribution in [0.5, 0.6) is 0 Å². The minimum Gasteiger partial charge on any atom is -0.327 e. The third kappa shape index (κ3) is 3.00. The van der Waals surface area contributed by atoms with Gasteiger partial charge in [-0.05, 0) is 37.0 Å². The van der Waals surface area contributed by atoms with Gasteiger partial charge in [0.15, 0.2) is 0 Å². The van der Waals surface area contributed by atoms with Crippen LogP contribution in [0.1, 0.15) is 71.1 Å². The average molecular weight is 223 g/mol. The number of nitrogens with two attached hydrogens (primary N) is 1. The Bertz CT molecular complexity index is 194. The van der Waals surface area contributed by atoms with Gasteiger partial charge in [0.1, 0.15) is 0 Å². The van der Waals surface area contributed by atoms with Gasteiger partial charge in [0, 0.05) is 6.04 Å². The van der Waals surface area contributed by atoms with Crippen molar-refractivity contribution in [1.29, 1.82) is 0 Å². The van der Waals surface area contributed by atoms with Crippen molar-refractivity contribution in [1.82, 2.24) is 0 Å². The molecular weight excluding hydrogens is 194 g/mol. The molecule has 0 heterocycles. The van der Waals surface area contributed by atoms with Crippen LogP contribution in [-0.4, -0.2) is 6.04 Å². The number of hydrogen-bond acceptors (Lipinski definition) is 1. The Morgan fingerprint density at radius 1 is 0.938 bits per heavy atom. The zero-order valence-corrected chi connectivity index (χ0v) is 11.0. The lowest BCUT2D eigenvalue weighted by Crippen LogP contribution is -2.40. The molecule has 2 aliphatic carbocycles. The fraction of sp³-hybridized carbons (Fsp3) is 1.00. The number of rotatable bonds is 2. The normalized spacial score (nSPS) is 38.2. The Hall–Kier alpha value is -0.0400. The molecule has 0 saturated heterocycles. The summed E-state index contributed by atoms with van der Waals surface area (Å²) < 4.78 is 0. The van der Waals surface area contributed by atoms with E-state index < -0.39 is 0 Å². The van der Waals surface area contributed by atoms with E-state index in [1.54, 1.807) is 0 Å². The van der Waals surface area contributed by atoms with Crippen molar-refractivity contribution in [3.8, 4) is 0 Å². The van der Waals surface area contributed by atoms with Crippen LogP contribution in [0, 0.1) is 17.8 Å². The van der Waals surface area contributed by atoms with E-state index in [0.29, 0.717) is 6.04 Å². The molecule has 3 unspecified atom stereocenters. The smallest absolute Gasteiger partial charge is 0.00700 e. The topological polar surface area (TPSA) is 26.0 Å². The maximum absolute atomic E-state index is 6.38. The minimum atomic E-state index is 0.519. The van der Waals surface area contributed by atoms with E-state index in [0.717, 1.165) is 17.8 Å². The molecule has 3 atom stereocenters. The molecule has 0 aromatic rings. The summed E-state index contributed by atoms with van der Waals surface area (Å²) in [6.07, 6.45) is 14.3. The van der Waals surface area contributed by atoms with Gasteiger partial charge in [-0.2, -0.15) is 0 Å². The molecule has 1 nitrogen and oxygen atoms in total. The van der Waals surface area contributed by atoms with E-state index in [-0.39, 0.29) is 0 Å². The highest BCUT2D eigenvalue weighted by Crippen LogP contribution is 2.39. The lowest BCUT2D eigenvalue weighted by molar-refractivity contribution is 0.152. The third-order valence-electron chi connectivity index (χ3n) is 5.15. The van der Waals surface area contributed by atoms with Crippen molar-refractivity contribution >= 4 is 0 Å². The molecule has 2 rings (SSSR count). The Kier molecular flexibility index (Phi) is 4.69. The lowest BCUT2D eigenvalue weighted by atomic mass is 9.69. The van der Waals surface area contributed by atoms with Crippen LogP contribution in [0.2, 0.25) is 0 Å². The van der Waals surface area contributed by atoms with E-state index in [1.165, 1.54) is 64.2 Å². The standard InChI is InChI=1S/C15H29N/c1-2-12-9-10-15(16)14(11-12)13-7-5-3-4-6-8-13/h12-15H,2-11,16H2,1H3. The average Bonchev–Trinajstić information content (AvgIpc) is 2.58. The van der Waals surface area contributed by atoms with Gasteiger partial charge in [-0.3, -0.25) is 0 Å². The van der Waals surface area contributed by atoms with Gasteiger partial charge in [-0.15, -0.1) is 0 Å². The first-order chi connectivity index (χ1) is 7.81. The van der Waals surface area contributed by atoms with Crippen molar-refractivity contribution in [2.24, 2.45) is 23.5 Å². The highest BCUT2D eigenvalue weighted by Gasteiger charge is 2.33. The molecule has 0 aromatic carbocycles. The van der Waals surface area contributed by atoms with Crippen LogP contribution < -0.4 is 5.73 Å². The highest BCUT2D eigenvalue weighted by molar-refractivity contribution is 4.87. The van der Waals surface area contributed by atoms with Crippen LogP contribution in [0.4, 0.5) is 0 Å². The summed E-state index contributed by atoms with van der Waals surface area (Å²) in [5, 5.41) is 0. The van der Waals surface area contributed by atoms with E-state index >= 15 is 0 Å². The second-order valence-electron chi connectivity index (χ2n) is 6.17. The molecule has 2 aliphatic rings. The van der Waals surface area contributed by atoms with Crippen LogP contribution in [0.3, 0.4) is 0 Å². The van der Waals surface area contributed by atoms with Gasteiger partial charge in [-0.1, -0.05) is 51.9 Å². The largest absolute Gasteiger partial charge is 0.327 e. The molecule has 0 bridgehead atoms. The molecule has 0 aliphatic heterocycles. The van der Waals surface area contributed by atoms with Gasteiger partial charge in [0.05, 0.1) is 0 Å². The lowest BCUT2D eigenvalue weighted by Gasteiger charge is -2.38. The fourth-order valence-corrected chi connectivity index (χ4v) is 3.97. The first kappa shape index (κ1) is 12.4. The second kappa shape index (κ2) is 6.05. The predicted octanol–water partition coefficient (Wildman–Crippen LogP) is 4.11. The summed E-state index contributed by atoms with van der Waals surface area (Å²) in [5.41, 5.74) is 6.38. The SMILES string of the molecule is CCC1CCC(N)C(C2CCCCCC2)C1. The molecule has 0 amide bonds. The molecule has 16 heavy (non-hydrogen) atoms. The van der Waals surface area contributed by atoms with Crippen LogP contribution in [-0.2, 0) is 0 Å². The Balaban J connectivity index is 1.93. The molecule has 0 spiro atoms. The van der Waals surface area contributed by atoms with Crippen LogP contribution >= 0.6 is 0 Å². The summed E-state index contributed by atoms with van der Waals surface area (Å²) in [6.45, 7) is 2.35. The van der Waals surface area contributed by atoms with Gasteiger partial charge in [0.2, 0.25) is 0 Å². The van der Waals surface area contributed by atoms with E-state index in [4.69, 9.17) is 5.73 Å². The molecule has 0 aromatic heterocycles. The van der Waals surface area contributed by atoms with Crippen LogP contribution in [0.15, 0.2) is 0 Å². The molecule has 2 N–H and O–H groups in total. The van der Waals surface area contributed by atoms with Crippen molar-refractivity contribution in [3.05, 3.63) is 0 Å². The number of hydrogen-bond donors (Lipinski definition) is 1. The fourth-order valence-electron chi connectivity index (χ4n) is 3.97. The monoisotopic (exact) mass is 223 g/mol. The summed E-state index contributed by atoms with van der Waals surface area (Å²) in [6, 6.07) is 0.519. The summed E-state index contributed by atoms with van der Waals surface area (Å²) in [4.78, 5) is 0. The maximum Gasteiger partial charge on any atom is 0.00700 e. The van der Waals surface area contributed by atoms with Crippen molar-refractivity contribution < 1.29 is 0 Å². The quantitative estimate of drug-likeness (QED) is 0.700. The van der Waals surface area contributed by atoms with E-state index in [1.807, 2.05) is 0 Å². The summed E-state index contributed by atoms with van der Waals surface area (Å²) >= 11 is 0. The molecule has 1 heteroatoms. The zero-order chi connectivity index (χ0) is 11.4. The second-order valence-corrected chi connectivity index (χ2v) is 6.17. The Labute approximate surface area is 101 Å². The highest BCUT2D eigenvalue weighted by atomic mass is 14.7. The maximum atomic E-state index is 6.38. The molecule has 94 valence electrons. The van der Waals surface area contributed by atoms with E-state index in [2.05, 4.69) is 6.92 Å². The Morgan fingerprint density at radius 3 is 2.25 bits per heavy atom. The molecule has 0 radical (unpaired) electrons. The summed E-state index contributed by atoms with van der Waals surface area (Å²) in [5.74, 6) is 2.80. The molecule has 2 fully saturated rings. The van der Waals surface area contributed by atoms with E-state index in [9.17, 15) is 0 Å². The van der Waals surface area contributed by atoms with Crippen LogP contribution in [0.25, 0.3) is 0 Å². The van der Waals surface area contributed by atoms with Gasteiger partial charge >= 0.3 is 0 Å². The van der Waals surface area contributed by atoms with Gasteiger partial charge < -0.3 is 5.73 Å². The third-order valence-corrected chi connectivity index (χ3v) is 5.15. The van der Waals surface area contributed by atoms with Gasteiger partial charge in [-0.25, -0.2) is 0 Å².